The van der Waals surface area contributed by atoms with Crippen LogP contribution in [0.15, 0.2) is 66.7 Å². The fourth-order valence-electron chi connectivity index (χ4n) is 4.88. The quantitative estimate of drug-likeness (QED) is 0.334. The first-order valence-corrected chi connectivity index (χ1v) is 11.9. The maximum atomic E-state index is 13.5. The van der Waals surface area contributed by atoms with E-state index in [0.717, 1.165) is 64.1 Å². The van der Waals surface area contributed by atoms with Crippen molar-refractivity contribution in [2.75, 3.05) is 6.79 Å². The first-order valence-electron chi connectivity index (χ1n) is 11.9. The molecule has 6 heteroatoms. The lowest BCUT2D eigenvalue weighted by atomic mass is 9.86. The number of fused-ring (bicyclic) bond motifs is 3. The van der Waals surface area contributed by atoms with Crippen molar-refractivity contribution in [3.05, 3.63) is 100 Å². The van der Waals surface area contributed by atoms with Crippen molar-refractivity contribution < 1.29 is 19.0 Å². The van der Waals surface area contributed by atoms with Gasteiger partial charge in [0.05, 0.1) is 28.4 Å². The van der Waals surface area contributed by atoms with Crippen molar-refractivity contribution in [3.63, 3.8) is 0 Å². The summed E-state index contributed by atoms with van der Waals surface area (Å²) in [4.78, 5) is 18.5. The Morgan fingerprint density at radius 1 is 1.03 bits per heavy atom. The van der Waals surface area contributed by atoms with Crippen molar-refractivity contribution in [3.8, 4) is 17.6 Å². The maximum Gasteiger partial charge on any atom is 0.339 e. The molecular weight excluding hydrogens is 452 g/mol. The fourth-order valence-corrected chi connectivity index (χ4v) is 4.88. The second-order valence-corrected chi connectivity index (χ2v) is 8.81. The Bertz CT molecular complexity index is 1580. The first-order chi connectivity index (χ1) is 17.7. The zero-order valence-electron chi connectivity index (χ0n) is 19.5. The molecular formula is C30H22N2O4. The summed E-state index contributed by atoms with van der Waals surface area (Å²) >= 11 is 0. The molecule has 0 unspecified atom stereocenters. The molecule has 0 atom stereocenters. The number of aromatic nitrogens is 1. The molecule has 0 saturated heterocycles. The van der Waals surface area contributed by atoms with E-state index in [9.17, 15) is 10.1 Å². The number of nitrogens with zero attached hydrogens (tertiary/aromatic N) is 2. The number of allylic oxidation sites excluding steroid dienone is 1. The Balaban J connectivity index is 1.41. The molecule has 4 aromatic rings. The minimum Gasteiger partial charge on any atom is -0.457 e. The van der Waals surface area contributed by atoms with Gasteiger partial charge in [0.15, 0.2) is 11.5 Å². The van der Waals surface area contributed by atoms with Gasteiger partial charge in [-0.05, 0) is 66.3 Å². The van der Waals surface area contributed by atoms with Crippen LogP contribution in [0.2, 0.25) is 0 Å². The van der Waals surface area contributed by atoms with E-state index in [4.69, 9.17) is 19.2 Å². The molecule has 0 spiro atoms. The minimum atomic E-state index is -0.401. The maximum absolute atomic E-state index is 13.5. The van der Waals surface area contributed by atoms with E-state index in [1.165, 1.54) is 0 Å². The van der Waals surface area contributed by atoms with Crippen LogP contribution in [0.1, 0.15) is 51.1 Å². The molecule has 0 saturated carbocycles. The Labute approximate surface area is 208 Å². The van der Waals surface area contributed by atoms with Gasteiger partial charge < -0.3 is 14.2 Å². The number of nitriles is 1. The van der Waals surface area contributed by atoms with E-state index in [-0.39, 0.29) is 13.4 Å². The summed E-state index contributed by atoms with van der Waals surface area (Å²) in [6.45, 7) is 0.268. The van der Waals surface area contributed by atoms with Crippen LogP contribution in [0.5, 0.6) is 11.5 Å². The summed E-state index contributed by atoms with van der Waals surface area (Å²) in [7, 11) is 0. The van der Waals surface area contributed by atoms with Crippen LogP contribution in [-0.2, 0) is 17.8 Å². The van der Waals surface area contributed by atoms with E-state index >= 15 is 0 Å². The predicted molar refractivity (Wildman–Crippen MR) is 135 cm³/mol. The van der Waals surface area contributed by atoms with E-state index in [2.05, 4.69) is 12.1 Å². The van der Waals surface area contributed by atoms with Crippen LogP contribution < -0.4 is 9.47 Å². The van der Waals surface area contributed by atoms with Crippen LogP contribution >= 0.6 is 0 Å². The standard InChI is InChI=1S/C30H22N2O4/c31-16-21-6-1-2-7-22(21)17-34-30(33)28-23-9-3-4-11-25(23)32-29-20(8-5-10-24(28)29)14-19-12-13-26-27(15-19)36-18-35-26/h1-4,6-7,9,11-15H,5,8,10,17-18H2. The van der Waals surface area contributed by atoms with Crippen LogP contribution in [-0.4, -0.2) is 17.7 Å². The number of para-hydroxylation sites is 1. The molecule has 0 radical (unpaired) electrons. The molecule has 0 N–H and O–H groups in total. The van der Waals surface area contributed by atoms with Crippen LogP contribution in [0.25, 0.3) is 22.6 Å². The molecule has 0 bridgehead atoms. The number of rotatable bonds is 4. The van der Waals surface area contributed by atoms with Gasteiger partial charge in [-0.2, -0.15) is 5.26 Å². The molecule has 2 heterocycles. The number of hydrogen-bond acceptors (Lipinski definition) is 6. The SMILES string of the molecule is N#Cc1ccccc1COC(=O)c1c2c(nc3ccccc13)C(=Cc1ccc3c(c1)OCO3)CCC2. The third-order valence-corrected chi connectivity index (χ3v) is 6.61. The molecule has 36 heavy (non-hydrogen) atoms. The highest BCUT2D eigenvalue weighted by molar-refractivity contribution is 6.06. The summed E-state index contributed by atoms with van der Waals surface area (Å²) in [5.74, 6) is 1.07. The van der Waals surface area contributed by atoms with Crippen LogP contribution in [0.3, 0.4) is 0 Å². The summed E-state index contributed by atoms with van der Waals surface area (Å²) in [6.07, 6.45) is 4.61. The van der Waals surface area contributed by atoms with Crippen molar-refractivity contribution >= 4 is 28.5 Å². The lowest BCUT2D eigenvalue weighted by Gasteiger charge is -2.22. The lowest BCUT2D eigenvalue weighted by molar-refractivity contribution is 0.0473. The van der Waals surface area contributed by atoms with Gasteiger partial charge in [-0.25, -0.2) is 9.78 Å². The monoisotopic (exact) mass is 474 g/mol. The summed E-state index contributed by atoms with van der Waals surface area (Å²) in [5.41, 5.74) is 6.30. The number of ether oxygens (including phenoxy) is 3. The Kier molecular flexibility index (Phi) is 5.59. The van der Waals surface area contributed by atoms with Crippen LogP contribution in [0, 0.1) is 11.3 Å². The predicted octanol–water partition coefficient (Wildman–Crippen LogP) is 6.07. The average Bonchev–Trinajstić information content (AvgIpc) is 3.39. The molecule has 2 aliphatic rings. The second-order valence-electron chi connectivity index (χ2n) is 8.81. The smallest absolute Gasteiger partial charge is 0.339 e. The largest absolute Gasteiger partial charge is 0.457 e. The number of carbonyl (C=O) groups excluding carboxylic acids is 1. The van der Waals surface area contributed by atoms with Gasteiger partial charge in [-0.1, -0.05) is 42.5 Å². The normalized spacial score (nSPS) is 14.9. The lowest BCUT2D eigenvalue weighted by Crippen LogP contribution is -2.15. The highest BCUT2D eigenvalue weighted by Gasteiger charge is 2.26. The van der Waals surface area contributed by atoms with Gasteiger partial charge in [0, 0.05) is 10.9 Å². The molecule has 176 valence electrons. The summed E-state index contributed by atoms with van der Waals surface area (Å²) in [6, 6.07) is 22.9. The van der Waals surface area contributed by atoms with Crippen molar-refractivity contribution in [2.45, 2.75) is 25.9 Å². The Hall–Kier alpha value is -4.63. The molecule has 1 aromatic heterocycles. The number of esters is 1. The summed E-state index contributed by atoms with van der Waals surface area (Å²) in [5, 5.41) is 10.2. The van der Waals surface area contributed by atoms with Crippen molar-refractivity contribution in [1.82, 2.24) is 4.98 Å². The summed E-state index contributed by atoms with van der Waals surface area (Å²) < 4.78 is 16.7. The van der Waals surface area contributed by atoms with Gasteiger partial charge in [-0.3, -0.25) is 0 Å². The molecule has 1 aliphatic heterocycles. The molecule has 6 rings (SSSR count). The Morgan fingerprint density at radius 2 is 1.86 bits per heavy atom. The van der Waals surface area contributed by atoms with Gasteiger partial charge in [0.25, 0.3) is 0 Å². The van der Waals surface area contributed by atoms with Gasteiger partial charge in [0.1, 0.15) is 6.61 Å². The highest BCUT2D eigenvalue weighted by Crippen LogP contribution is 2.38. The highest BCUT2D eigenvalue weighted by atomic mass is 16.7. The van der Waals surface area contributed by atoms with E-state index in [0.29, 0.717) is 16.7 Å². The molecule has 0 amide bonds. The third kappa shape index (κ3) is 3.95. The molecule has 3 aromatic carbocycles. The van der Waals surface area contributed by atoms with Crippen molar-refractivity contribution in [2.24, 2.45) is 0 Å². The third-order valence-electron chi connectivity index (χ3n) is 6.61. The Morgan fingerprint density at radius 3 is 2.78 bits per heavy atom. The minimum absolute atomic E-state index is 0.0356. The van der Waals surface area contributed by atoms with E-state index < -0.39 is 5.97 Å². The van der Waals surface area contributed by atoms with E-state index in [1.807, 2.05) is 48.5 Å². The molecule has 0 fully saturated rings. The zero-order valence-corrected chi connectivity index (χ0v) is 19.5. The average molecular weight is 475 g/mol. The first kappa shape index (κ1) is 21.9. The van der Waals surface area contributed by atoms with E-state index in [1.54, 1.807) is 18.2 Å². The zero-order chi connectivity index (χ0) is 24.5. The topological polar surface area (TPSA) is 81.4 Å². The number of benzene rings is 3. The van der Waals surface area contributed by atoms with Gasteiger partial charge in [-0.15, -0.1) is 0 Å². The van der Waals surface area contributed by atoms with Gasteiger partial charge in [0.2, 0.25) is 6.79 Å². The number of hydrogen-bond donors (Lipinski definition) is 0. The second kappa shape index (κ2) is 9.20. The molecule has 6 nitrogen and oxygen atoms in total. The van der Waals surface area contributed by atoms with Crippen LogP contribution in [0.4, 0.5) is 0 Å². The van der Waals surface area contributed by atoms with Gasteiger partial charge >= 0.3 is 5.97 Å². The number of carbonyl (C=O) groups is 1. The van der Waals surface area contributed by atoms with Crippen molar-refractivity contribution in [1.29, 1.82) is 5.26 Å². The number of pyridine rings is 1. The molecule has 1 aliphatic carbocycles. The fraction of sp³-hybridized carbons (Fsp3) is 0.167.